The number of carbonyl (C=O) groups is 1. The van der Waals surface area contributed by atoms with Crippen molar-refractivity contribution in [2.45, 2.75) is 52.2 Å². The van der Waals surface area contributed by atoms with E-state index >= 15 is 0 Å². The Morgan fingerprint density at radius 1 is 1.17 bits per heavy atom. The zero-order chi connectivity index (χ0) is 20.8. The molecule has 1 heterocycles. The number of hydrogen-bond donors (Lipinski definition) is 1. The average Bonchev–Trinajstić information content (AvgIpc) is 2.73. The fraction of sp³-hybridized carbons (Fsp3) is 0.458. The zero-order valence-electron chi connectivity index (χ0n) is 17.5. The molecule has 2 aromatic rings. The molecule has 1 saturated heterocycles. The van der Waals surface area contributed by atoms with E-state index in [0.717, 1.165) is 24.6 Å². The fourth-order valence-corrected chi connectivity index (χ4v) is 3.65. The number of carbonyl (C=O) groups excluding carboxylic acids is 1. The van der Waals surface area contributed by atoms with Crippen LogP contribution in [0.3, 0.4) is 0 Å². The summed E-state index contributed by atoms with van der Waals surface area (Å²) in [6.45, 7) is 8.30. The van der Waals surface area contributed by atoms with E-state index in [1.54, 1.807) is 12.1 Å². The minimum absolute atomic E-state index is 0.0994. The third-order valence-electron chi connectivity index (χ3n) is 5.67. The number of anilines is 1. The van der Waals surface area contributed by atoms with E-state index in [0.29, 0.717) is 6.42 Å². The molecule has 2 aromatic carbocycles. The minimum Gasteiger partial charge on any atom is -0.478 e. The topological polar surface area (TPSA) is 41.6 Å². The van der Waals surface area contributed by atoms with Gasteiger partial charge in [-0.25, -0.2) is 4.39 Å². The van der Waals surface area contributed by atoms with E-state index in [-0.39, 0.29) is 17.7 Å². The molecule has 0 spiro atoms. The van der Waals surface area contributed by atoms with Crippen molar-refractivity contribution in [1.29, 1.82) is 0 Å². The van der Waals surface area contributed by atoms with Crippen LogP contribution in [0, 0.1) is 11.7 Å². The minimum atomic E-state index is -0.732. The Labute approximate surface area is 173 Å². The normalized spacial score (nSPS) is 16.9. The highest BCUT2D eigenvalue weighted by molar-refractivity contribution is 5.81. The second-order valence-electron chi connectivity index (χ2n) is 7.94. The van der Waals surface area contributed by atoms with Gasteiger partial charge in [-0.15, -0.1) is 0 Å². The summed E-state index contributed by atoms with van der Waals surface area (Å²) < 4.78 is 19.4. The lowest BCUT2D eigenvalue weighted by Gasteiger charge is -2.32. The Balaban J connectivity index is 1.59. The van der Waals surface area contributed by atoms with Gasteiger partial charge < -0.3 is 15.0 Å². The van der Waals surface area contributed by atoms with Gasteiger partial charge in [0.15, 0.2) is 17.7 Å². The lowest BCUT2D eigenvalue weighted by Crippen LogP contribution is -2.39. The maximum Gasteiger partial charge on any atom is 0.261 e. The standard InChI is InChI=1S/C24H31FN2O2/c1-4-22(29-23-8-6-5-7-21(23)25)24(28)26-18(3)19-9-11-20(12-10-19)27-15-13-17(2)14-16-27/h5-12,17-18,22H,4,13-16H2,1-3H3,(H,26,28)/t18-,22-/m0/s1. The highest BCUT2D eigenvalue weighted by Gasteiger charge is 2.22. The lowest BCUT2D eigenvalue weighted by molar-refractivity contribution is -0.128. The van der Waals surface area contributed by atoms with Crippen LogP contribution in [0.25, 0.3) is 0 Å². The summed E-state index contributed by atoms with van der Waals surface area (Å²) in [7, 11) is 0. The van der Waals surface area contributed by atoms with Gasteiger partial charge in [-0.2, -0.15) is 0 Å². The molecule has 0 saturated carbocycles. The fourth-order valence-electron chi connectivity index (χ4n) is 3.65. The first-order valence-corrected chi connectivity index (χ1v) is 10.5. The van der Waals surface area contributed by atoms with Crippen molar-refractivity contribution in [1.82, 2.24) is 5.32 Å². The van der Waals surface area contributed by atoms with Gasteiger partial charge in [-0.05, 0) is 61.9 Å². The molecule has 0 aromatic heterocycles. The Morgan fingerprint density at radius 2 is 1.83 bits per heavy atom. The maximum atomic E-state index is 13.8. The predicted molar refractivity (Wildman–Crippen MR) is 115 cm³/mol. The first-order chi connectivity index (χ1) is 14.0. The quantitative estimate of drug-likeness (QED) is 0.706. The molecule has 5 heteroatoms. The van der Waals surface area contributed by atoms with Gasteiger partial charge in [-0.3, -0.25) is 4.79 Å². The largest absolute Gasteiger partial charge is 0.478 e. The van der Waals surface area contributed by atoms with Crippen LogP contribution in [0.4, 0.5) is 10.1 Å². The summed E-state index contributed by atoms with van der Waals surface area (Å²) in [5.41, 5.74) is 2.27. The molecule has 0 aliphatic carbocycles. The molecule has 1 aliphatic heterocycles. The molecular formula is C24H31FN2O2. The van der Waals surface area contributed by atoms with Crippen LogP contribution in [0.2, 0.25) is 0 Å². The molecule has 1 N–H and O–H groups in total. The van der Waals surface area contributed by atoms with Crippen LogP contribution < -0.4 is 15.0 Å². The third kappa shape index (κ3) is 5.49. The monoisotopic (exact) mass is 398 g/mol. The molecule has 0 bridgehead atoms. The van der Waals surface area contributed by atoms with E-state index in [4.69, 9.17) is 4.74 Å². The molecule has 3 rings (SSSR count). The number of nitrogens with zero attached hydrogens (tertiary/aromatic N) is 1. The van der Waals surface area contributed by atoms with Crippen molar-refractivity contribution in [2.24, 2.45) is 5.92 Å². The van der Waals surface area contributed by atoms with Crippen molar-refractivity contribution in [2.75, 3.05) is 18.0 Å². The number of amides is 1. The molecule has 1 aliphatic rings. The Kier molecular flexibility index (Phi) is 7.13. The van der Waals surface area contributed by atoms with Crippen LogP contribution in [0.15, 0.2) is 48.5 Å². The Bertz CT molecular complexity index is 801. The van der Waals surface area contributed by atoms with Crippen LogP contribution in [-0.2, 0) is 4.79 Å². The number of benzene rings is 2. The number of halogens is 1. The molecule has 4 nitrogen and oxygen atoms in total. The van der Waals surface area contributed by atoms with Gasteiger partial charge in [0.1, 0.15) is 0 Å². The summed E-state index contributed by atoms with van der Waals surface area (Å²) in [4.78, 5) is 15.1. The molecule has 1 amide bonds. The summed E-state index contributed by atoms with van der Waals surface area (Å²) in [5, 5.41) is 2.99. The smallest absolute Gasteiger partial charge is 0.261 e. The van der Waals surface area contributed by atoms with Crippen LogP contribution >= 0.6 is 0 Å². The van der Waals surface area contributed by atoms with E-state index in [1.807, 2.05) is 13.8 Å². The van der Waals surface area contributed by atoms with E-state index < -0.39 is 11.9 Å². The lowest BCUT2D eigenvalue weighted by atomic mass is 9.98. The highest BCUT2D eigenvalue weighted by atomic mass is 19.1. The molecule has 0 unspecified atom stereocenters. The van der Waals surface area contributed by atoms with Crippen molar-refractivity contribution >= 4 is 11.6 Å². The van der Waals surface area contributed by atoms with Crippen LogP contribution in [-0.4, -0.2) is 25.1 Å². The summed E-state index contributed by atoms with van der Waals surface area (Å²) >= 11 is 0. The second kappa shape index (κ2) is 9.77. The molecule has 0 radical (unpaired) electrons. The van der Waals surface area contributed by atoms with Crippen molar-refractivity contribution < 1.29 is 13.9 Å². The van der Waals surface area contributed by atoms with E-state index in [9.17, 15) is 9.18 Å². The van der Waals surface area contributed by atoms with Gasteiger partial charge in [0.25, 0.3) is 5.91 Å². The number of para-hydroxylation sites is 1. The first kappa shape index (κ1) is 21.2. The summed E-state index contributed by atoms with van der Waals surface area (Å²) in [6.07, 6.45) is 2.19. The Hall–Kier alpha value is -2.56. The van der Waals surface area contributed by atoms with E-state index in [1.165, 1.54) is 30.7 Å². The van der Waals surface area contributed by atoms with Crippen molar-refractivity contribution in [3.05, 3.63) is 59.9 Å². The predicted octanol–water partition coefficient (Wildman–Crippen LogP) is 5.10. The summed E-state index contributed by atoms with van der Waals surface area (Å²) in [5.74, 6) is 0.202. The third-order valence-corrected chi connectivity index (χ3v) is 5.67. The molecular weight excluding hydrogens is 367 g/mol. The molecule has 29 heavy (non-hydrogen) atoms. The number of piperidine rings is 1. The van der Waals surface area contributed by atoms with Gasteiger partial charge in [0, 0.05) is 18.8 Å². The number of ether oxygens (including phenoxy) is 1. The van der Waals surface area contributed by atoms with Gasteiger partial charge >= 0.3 is 0 Å². The van der Waals surface area contributed by atoms with Gasteiger partial charge in [-0.1, -0.05) is 38.1 Å². The number of nitrogens with one attached hydrogen (secondary N) is 1. The van der Waals surface area contributed by atoms with Crippen LogP contribution in [0.1, 0.15) is 51.6 Å². The molecule has 2 atom stereocenters. The molecule has 1 fully saturated rings. The average molecular weight is 399 g/mol. The van der Waals surface area contributed by atoms with Crippen molar-refractivity contribution in [3.8, 4) is 5.75 Å². The van der Waals surface area contributed by atoms with Gasteiger partial charge in [0.05, 0.1) is 6.04 Å². The van der Waals surface area contributed by atoms with E-state index in [2.05, 4.69) is 41.4 Å². The SMILES string of the molecule is CC[C@H](Oc1ccccc1F)C(=O)N[C@@H](C)c1ccc(N2CCC(C)CC2)cc1. The summed E-state index contributed by atoms with van der Waals surface area (Å²) in [6, 6.07) is 14.4. The van der Waals surface area contributed by atoms with Crippen molar-refractivity contribution in [3.63, 3.8) is 0 Å². The highest BCUT2D eigenvalue weighted by Crippen LogP contribution is 2.25. The number of hydrogen-bond acceptors (Lipinski definition) is 3. The second-order valence-corrected chi connectivity index (χ2v) is 7.94. The maximum absolute atomic E-state index is 13.8. The first-order valence-electron chi connectivity index (χ1n) is 10.5. The van der Waals surface area contributed by atoms with Crippen LogP contribution in [0.5, 0.6) is 5.75 Å². The zero-order valence-corrected chi connectivity index (χ0v) is 17.5. The van der Waals surface area contributed by atoms with Gasteiger partial charge in [0.2, 0.25) is 0 Å². The number of rotatable bonds is 7. The molecule has 156 valence electrons. The Morgan fingerprint density at radius 3 is 2.45 bits per heavy atom.